The van der Waals surface area contributed by atoms with Crippen LogP contribution >= 0.6 is 0 Å². The number of aryl methyl sites for hydroxylation is 1. The largest absolute Gasteiger partial charge is 0.465 e. The lowest BCUT2D eigenvalue weighted by Crippen LogP contribution is -2.14. The van der Waals surface area contributed by atoms with Gasteiger partial charge in [0.15, 0.2) is 5.69 Å². The molecule has 0 aliphatic carbocycles. The molecule has 0 aliphatic rings. The Morgan fingerprint density at radius 3 is 2.21 bits per heavy atom. The summed E-state index contributed by atoms with van der Waals surface area (Å²) >= 11 is 0. The topological polar surface area (TPSA) is 44.1 Å². The third-order valence-corrected chi connectivity index (χ3v) is 3.16. The highest BCUT2D eigenvalue weighted by atomic mass is 19.4. The van der Waals surface area contributed by atoms with Gasteiger partial charge in [0, 0.05) is 18.8 Å². The second kappa shape index (κ2) is 5.84. The summed E-state index contributed by atoms with van der Waals surface area (Å²) in [4.78, 5) is 14.8. The summed E-state index contributed by atoms with van der Waals surface area (Å²) in [6.45, 7) is 0. The number of ether oxygens (including phenoxy) is 1. The molecule has 0 radical (unpaired) electrons. The summed E-state index contributed by atoms with van der Waals surface area (Å²) in [6, 6.07) is 2.48. The van der Waals surface area contributed by atoms with E-state index in [1.807, 2.05) is 0 Å². The molecule has 4 nitrogen and oxygen atoms in total. The highest BCUT2D eigenvalue weighted by molar-refractivity contribution is 5.92. The average Bonchev–Trinajstić information content (AvgIpc) is 2.87. The number of nitrogens with zero attached hydrogens (tertiary/aromatic N) is 2. The number of halogens is 6. The molecule has 0 aliphatic heterocycles. The molecule has 0 spiro atoms. The van der Waals surface area contributed by atoms with E-state index in [1.54, 1.807) is 0 Å². The van der Waals surface area contributed by atoms with Crippen molar-refractivity contribution in [3.8, 4) is 11.4 Å². The minimum Gasteiger partial charge on any atom is -0.465 e. The van der Waals surface area contributed by atoms with Crippen LogP contribution in [0.4, 0.5) is 26.3 Å². The van der Waals surface area contributed by atoms with Crippen molar-refractivity contribution in [3.63, 3.8) is 0 Å². The highest BCUT2D eigenvalue weighted by Crippen LogP contribution is 2.36. The smallest absolute Gasteiger partial charge is 0.434 e. The Bertz CT molecular complexity index is 777. The van der Waals surface area contributed by atoms with Gasteiger partial charge in [-0.15, -0.1) is 0 Å². The predicted molar refractivity (Wildman–Crippen MR) is 70.0 cm³/mol. The van der Waals surface area contributed by atoms with Gasteiger partial charge in [0.1, 0.15) is 5.82 Å². The van der Waals surface area contributed by atoms with Crippen molar-refractivity contribution in [1.82, 2.24) is 9.55 Å². The molecule has 130 valence electrons. The van der Waals surface area contributed by atoms with Crippen LogP contribution < -0.4 is 0 Å². The third-order valence-electron chi connectivity index (χ3n) is 3.16. The first-order chi connectivity index (χ1) is 10.9. The van der Waals surface area contributed by atoms with Gasteiger partial charge >= 0.3 is 18.3 Å². The lowest BCUT2D eigenvalue weighted by molar-refractivity contribution is -0.141. The van der Waals surface area contributed by atoms with E-state index in [0.29, 0.717) is 12.3 Å². The first-order valence-corrected chi connectivity index (χ1v) is 6.35. The molecule has 0 amide bonds. The fourth-order valence-corrected chi connectivity index (χ4v) is 2.08. The van der Waals surface area contributed by atoms with E-state index in [9.17, 15) is 31.1 Å². The minimum absolute atomic E-state index is 0.215. The number of hydrogen-bond acceptors (Lipinski definition) is 3. The molecule has 0 unspecified atom stereocenters. The van der Waals surface area contributed by atoms with Gasteiger partial charge in [-0.25, -0.2) is 9.78 Å². The number of esters is 1. The van der Waals surface area contributed by atoms with Gasteiger partial charge in [-0.05, 0) is 12.1 Å². The second-order valence-electron chi connectivity index (χ2n) is 4.81. The normalized spacial score (nSPS) is 12.3. The lowest BCUT2D eigenvalue weighted by atomic mass is 10.0. The molecule has 0 saturated heterocycles. The molecule has 0 fully saturated rings. The van der Waals surface area contributed by atoms with Crippen LogP contribution in [0, 0.1) is 0 Å². The van der Waals surface area contributed by atoms with Crippen LogP contribution in [0.15, 0.2) is 24.4 Å². The van der Waals surface area contributed by atoms with Crippen LogP contribution in [-0.2, 0) is 24.1 Å². The molecule has 1 aromatic heterocycles. The van der Waals surface area contributed by atoms with Gasteiger partial charge in [-0.2, -0.15) is 26.3 Å². The highest BCUT2D eigenvalue weighted by Gasteiger charge is 2.37. The first-order valence-electron chi connectivity index (χ1n) is 6.35. The number of rotatable bonds is 2. The van der Waals surface area contributed by atoms with Gasteiger partial charge in [0.25, 0.3) is 0 Å². The Kier molecular flexibility index (Phi) is 4.34. The van der Waals surface area contributed by atoms with Gasteiger partial charge in [-0.3, -0.25) is 0 Å². The molecule has 0 N–H and O–H groups in total. The van der Waals surface area contributed by atoms with E-state index < -0.39 is 35.1 Å². The zero-order valence-corrected chi connectivity index (χ0v) is 12.3. The fourth-order valence-electron chi connectivity index (χ4n) is 2.08. The number of carbonyl (C=O) groups excluding carboxylic acids is 1. The lowest BCUT2D eigenvalue weighted by Gasteiger charge is -2.13. The van der Waals surface area contributed by atoms with Crippen LogP contribution in [-0.4, -0.2) is 22.6 Å². The number of aromatic nitrogens is 2. The van der Waals surface area contributed by atoms with E-state index in [-0.39, 0.29) is 11.4 Å². The SMILES string of the molecule is COC(=O)c1ccc(-c2nc(C(F)(F)F)cn2C)cc1C(F)(F)F. The number of imidazole rings is 1. The Labute approximate surface area is 131 Å². The van der Waals surface area contributed by atoms with Crippen molar-refractivity contribution in [2.24, 2.45) is 7.05 Å². The molecule has 0 saturated carbocycles. The van der Waals surface area contributed by atoms with Gasteiger partial charge in [0.2, 0.25) is 0 Å². The maximum atomic E-state index is 13.1. The molecular formula is C14H10F6N2O2. The third kappa shape index (κ3) is 3.36. The monoisotopic (exact) mass is 352 g/mol. The van der Waals surface area contributed by atoms with E-state index >= 15 is 0 Å². The summed E-state index contributed by atoms with van der Waals surface area (Å²) in [5.41, 5.74) is -3.50. The van der Waals surface area contributed by atoms with Crippen molar-refractivity contribution in [1.29, 1.82) is 0 Å². The maximum Gasteiger partial charge on any atom is 0.434 e. The van der Waals surface area contributed by atoms with Crippen molar-refractivity contribution in [2.75, 3.05) is 7.11 Å². The number of hydrogen-bond donors (Lipinski definition) is 0. The Hall–Kier alpha value is -2.52. The van der Waals surface area contributed by atoms with Crippen LogP contribution in [0.1, 0.15) is 21.6 Å². The van der Waals surface area contributed by atoms with E-state index in [2.05, 4.69) is 9.72 Å². The molecule has 0 atom stereocenters. The summed E-state index contributed by atoms with van der Waals surface area (Å²) in [5.74, 6) is -1.52. The predicted octanol–water partition coefficient (Wildman–Crippen LogP) is 3.91. The minimum atomic E-state index is -4.89. The second-order valence-corrected chi connectivity index (χ2v) is 4.81. The Balaban J connectivity index is 2.61. The maximum absolute atomic E-state index is 13.1. The Morgan fingerprint density at radius 1 is 1.12 bits per heavy atom. The molecule has 10 heteroatoms. The van der Waals surface area contributed by atoms with Gasteiger partial charge in [-0.1, -0.05) is 6.07 Å². The molecular weight excluding hydrogens is 342 g/mol. The number of carbonyl (C=O) groups is 1. The van der Waals surface area contributed by atoms with Crippen LogP contribution in [0.25, 0.3) is 11.4 Å². The van der Waals surface area contributed by atoms with Crippen molar-refractivity contribution < 1.29 is 35.9 Å². The van der Waals surface area contributed by atoms with E-state index in [4.69, 9.17) is 0 Å². The van der Waals surface area contributed by atoms with Crippen LogP contribution in [0.5, 0.6) is 0 Å². The molecule has 2 aromatic rings. The quantitative estimate of drug-likeness (QED) is 0.608. The molecule has 2 rings (SSSR count). The summed E-state index contributed by atoms with van der Waals surface area (Å²) in [5, 5.41) is 0. The number of benzene rings is 1. The molecule has 0 bridgehead atoms. The fraction of sp³-hybridized carbons (Fsp3) is 0.286. The van der Waals surface area contributed by atoms with E-state index in [0.717, 1.165) is 23.8 Å². The Morgan fingerprint density at radius 2 is 1.75 bits per heavy atom. The standard InChI is InChI=1S/C14H10F6N2O2/c1-22-6-10(14(18,19)20)21-11(22)7-3-4-8(12(23)24-2)9(5-7)13(15,16)17/h3-6H,1-2H3. The van der Waals surface area contributed by atoms with Gasteiger partial charge in [0.05, 0.1) is 18.2 Å². The van der Waals surface area contributed by atoms with Crippen molar-refractivity contribution in [3.05, 3.63) is 41.2 Å². The summed E-state index contributed by atoms with van der Waals surface area (Å²) in [6.07, 6.45) is -8.96. The van der Waals surface area contributed by atoms with E-state index in [1.165, 1.54) is 7.05 Å². The number of methoxy groups -OCH3 is 1. The van der Waals surface area contributed by atoms with Crippen LogP contribution in [0.2, 0.25) is 0 Å². The number of alkyl halides is 6. The first kappa shape index (κ1) is 17.8. The van der Waals surface area contributed by atoms with Crippen LogP contribution in [0.3, 0.4) is 0 Å². The molecule has 24 heavy (non-hydrogen) atoms. The zero-order valence-electron chi connectivity index (χ0n) is 12.3. The van der Waals surface area contributed by atoms with Crippen molar-refractivity contribution >= 4 is 5.97 Å². The summed E-state index contributed by atoms with van der Waals surface area (Å²) in [7, 11) is 2.14. The zero-order chi connectivity index (χ0) is 18.3. The van der Waals surface area contributed by atoms with Gasteiger partial charge < -0.3 is 9.30 Å². The van der Waals surface area contributed by atoms with Crippen molar-refractivity contribution in [2.45, 2.75) is 12.4 Å². The summed E-state index contributed by atoms with van der Waals surface area (Å²) < 4.78 is 82.6. The molecule has 1 heterocycles. The average molecular weight is 352 g/mol. The molecule has 1 aromatic carbocycles.